The van der Waals surface area contributed by atoms with Gasteiger partial charge in [0.25, 0.3) is 5.91 Å². The standard InChI is InChI=1S/C17H16N4OS/c1-21-15-10-6-5-9-14(15)19-17(21)23-12-16(22)20-18-11-13-7-3-2-4-8-13/h2-11H,12H2,1H3,(H,20,22). The van der Waals surface area contributed by atoms with Crippen molar-refractivity contribution >= 4 is 34.9 Å². The van der Waals surface area contributed by atoms with E-state index in [0.717, 1.165) is 21.8 Å². The summed E-state index contributed by atoms with van der Waals surface area (Å²) in [7, 11) is 1.95. The van der Waals surface area contributed by atoms with Gasteiger partial charge in [-0.3, -0.25) is 4.79 Å². The molecule has 5 nitrogen and oxygen atoms in total. The number of fused-ring (bicyclic) bond motifs is 1. The molecule has 0 saturated carbocycles. The summed E-state index contributed by atoms with van der Waals surface area (Å²) in [6, 6.07) is 17.5. The highest BCUT2D eigenvalue weighted by molar-refractivity contribution is 7.99. The number of aromatic nitrogens is 2. The topological polar surface area (TPSA) is 59.3 Å². The minimum Gasteiger partial charge on any atom is -0.322 e. The largest absolute Gasteiger partial charge is 0.322 e. The first-order chi connectivity index (χ1) is 11.2. The molecule has 0 aliphatic carbocycles. The summed E-state index contributed by atoms with van der Waals surface area (Å²) in [5.41, 5.74) is 5.45. The van der Waals surface area contributed by atoms with Crippen molar-refractivity contribution in [1.29, 1.82) is 0 Å². The van der Waals surface area contributed by atoms with Gasteiger partial charge >= 0.3 is 0 Å². The van der Waals surface area contributed by atoms with Crippen molar-refractivity contribution < 1.29 is 4.79 Å². The summed E-state index contributed by atoms with van der Waals surface area (Å²) in [6.45, 7) is 0. The lowest BCUT2D eigenvalue weighted by atomic mass is 10.2. The number of amides is 1. The van der Waals surface area contributed by atoms with Crippen LogP contribution in [0.3, 0.4) is 0 Å². The number of para-hydroxylation sites is 2. The quantitative estimate of drug-likeness (QED) is 0.446. The molecule has 0 bridgehead atoms. The molecule has 0 spiro atoms. The van der Waals surface area contributed by atoms with Gasteiger partial charge in [0.2, 0.25) is 0 Å². The Hall–Kier alpha value is -2.60. The van der Waals surface area contributed by atoms with Gasteiger partial charge in [0.15, 0.2) is 5.16 Å². The first-order valence-electron chi connectivity index (χ1n) is 7.15. The maximum Gasteiger partial charge on any atom is 0.250 e. The van der Waals surface area contributed by atoms with Crippen molar-refractivity contribution in [2.75, 3.05) is 5.75 Å². The Morgan fingerprint density at radius 3 is 2.74 bits per heavy atom. The van der Waals surface area contributed by atoms with E-state index in [1.807, 2.05) is 66.2 Å². The van der Waals surface area contributed by atoms with Crippen LogP contribution in [0.4, 0.5) is 0 Å². The van der Waals surface area contributed by atoms with E-state index in [2.05, 4.69) is 15.5 Å². The Balaban J connectivity index is 1.56. The zero-order valence-electron chi connectivity index (χ0n) is 12.6. The third-order valence-corrected chi connectivity index (χ3v) is 4.31. The summed E-state index contributed by atoms with van der Waals surface area (Å²) in [5, 5.41) is 4.77. The Bertz CT molecular complexity index is 842. The highest BCUT2D eigenvalue weighted by Gasteiger charge is 2.09. The first kappa shape index (κ1) is 15.3. The Morgan fingerprint density at radius 2 is 1.96 bits per heavy atom. The lowest BCUT2D eigenvalue weighted by Gasteiger charge is -2.01. The monoisotopic (exact) mass is 324 g/mol. The smallest absolute Gasteiger partial charge is 0.250 e. The van der Waals surface area contributed by atoms with Gasteiger partial charge < -0.3 is 4.57 Å². The molecule has 0 saturated heterocycles. The third kappa shape index (κ3) is 3.78. The second-order valence-electron chi connectivity index (χ2n) is 4.93. The minimum absolute atomic E-state index is 0.158. The van der Waals surface area contributed by atoms with Gasteiger partial charge in [0.05, 0.1) is 23.0 Å². The van der Waals surface area contributed by atoms with Gasteiger partial charge in [-0.15, -0.1) is 0 Å². The van der Waals surface area contributed by atoms with Crippen molar-refractivity contribution in [3.63, 3.8) is 0 Å². The van der Waals surface area contributed by atoms with Gasteiger partial charge in [-0.2, -0.15) is 5.10 Å². The highest BCUT2D eigenvalue weighted by atomic mass is 32.2. The number of thioether (sulfide) groups is 1. The molecule has 0 aliphatic rings. The molecule has 0 aliphatic heterocycles. The molecule has 3 aromatic rings. The number of carbonyl (C=O) groups is 1. The van der Waals surface area contributed by atoms with Crippen LogP contribution >= 0.6 is 11.8 Å². The first-order valence-corrected chi connectivity index (χ1v) is 8.14. The van der Waals surface area contributed by atoms with Crippen LogP contribution in [0.1, 0.15) is 5.56 Å². The average Bonchev–Trinajstić information content (AvgIpc) is 2.90. The van der Waals surface area contributed by atoms with E-state index in [-0.39, 0.29) is 11.7 Å². The van der Waals surface area contributed by atoms with Crippen LogP contribution in [0.2, 0.25) is 0 Å². The highest BCUT2D eigenvalue weighted by Crippen LogP contribution is 2.22. The number of hydrazone groups is 1. The molecular formula is C17H16N4OS. The molecule has 1 amide bonds. The fourth-order valence-corrected chi connectivity index (χ4v) is 2.91. The van der Waals surface area contributed by atoms with E-state index in [4.69, 9.17) is 0 Å². The number of rotatable bonds is 5. The third-order valence-electron chi connectivity index (χ3n) is 3.28. The molecule has 2 aromatic carbocycles. The maximum absolute atomic E-state index is 11.9. The van der Waals surface area contributed by atoms with Crippen molar-refractivity contribution in [3.8, 4) is 0 Å². The molecule has 0 radical (unpaired) electrons. The SMILES string of the molecule is Cn1c(SCC(=O)NN=Cc2ccccc2)nc2ccccc21. The number of nitrogens with zero attached hydrogens (tertiary/aromatic N) is 3. The molecule has 0 fully saturated rings. The minimum atomic E-state index is -0.158. The van der Waals surface area contributed by atoms with Crippen LogP contribution in [0.25, 0.3) is 11.0 Å². The van der Waals surface area contributed by atoms with Gasteiger partial charge in [0, 0.05) is 7.05 Å². The summed E-state index contributed by atoms with van der Waals surface area (Å²) < 4.78 is 1.99. The number of nitrogens with one attached hydrogen (secondary N) is 1. The lowest BCUT2D eigenvalue weighted by molar-refractivity contribution is -0.118. The van der Waals surface area contributed by atoms with Crippen LogP contribution < -0.4 is 5.43 Å². The van der Waals surface area contributed by atoms with Crippen molar-refractivity contribution in [1.82, 2.24) is 15.0 Å². The van der Waals surface area contributed by atoms with Crippen LogP contribution in [0.15, 0.2) is 64.9 Å². The zero-order valence-corrected chi connectivity index (χ0v) is 13.5. The normalized spacial score (nSPS) is 11.2. The van der Waals surface area contributed by atoms with E-state index in [1.165, 1.54) is 11.8 Å². The van der Waals surface area contributed by atoms with Gasteiger partial charge in [0.1, 0.15) is 0 Å². The Kier molecular flexibility index (Phi) is 4.73. The van der Waals surface area contributed by atoms with Crippen LogP contribution in [-0.2, 0) is 11.8 Å². The zero-order chi connectivity index (χ0) is 16.1. The number of carbonyl (C=O) groups excluding carboxylic acids is 1. The van der Waals surface area contributed by atoms with E-state index >= 15 is 0 Å². The Morgan fingerprint density at radius 1 is 1.22 bits per heavy atom. The van der Waals surface area contributed by atoms with Crippen molar-refractivity contribution in [3.05, 3.63) is 60.2 Å². The predicted octanol–water partition coefficient (Wildman–Crippen LogP) is 2.82. The molecule has 6 heteroatoms. The lowest BCUT2D eigenvalue weighted by Crippen LogP contribution is -2.19. The van der Waals surface area contributed by atoms with Gasteiger partial charge in [-0.25, -0.2) is 10.4 Å². The van der Waals surface area contributed by atoms with Crippen LogP contribution in [0, 0.1) is 0 Å². The summed E-state index contributed by atoms with van der Waals surface area (Å²) in [5.74, 6) is 0.109. The fraction of sp³-hybridized carbons (Fsp3) is 0.118. The maximum atomic E-state index is 11.9. The molecule has 0 atom stereocenters. The van der Waals surface area contributed by atoms with E-state index in [9.17, 15) is 4.79 Å². The number of benzene rings is 2. The molecule has 1 N–H and O–H groups in total. The molecule has 0 unspecified atom stereocenters. The van der Waals surface area contributed by atoms with Crippen LogP contribution in [-0.4, -0.2) is 27.4 Å². The Labute approximate surface area is 138 Å². The molecule has 1 heterocycles. The number of hydrogen-bond acceptors (Lipinski definition) is 4. The molecular weight excluding hydrogens is 308 g/mol. The average molecular weight is 324 g/mol. The second kappa shape index (κ2) is 7.11. The van der Waals surface area contributed by atoms with E-state index < -0.39 is 0 Å². The van der Waals surface area contributed by atoms with Crippen LogP contribution in [0.5, 0.6) is 0 Å². The fourth-order valence-electron chi connectivity index (χ4n) is 2.13. The molecule has 116 valence electrons. The van der Waals surface area contributed by atoms with Crippen molar-refractivity contribution in [2.45, 2.75) is 5.16 Å². The van der Waals surface area contributed by atoms with E-state index in [0.29, 0.717) is 0 Å². The second-order valence-corrected chi connectivity index (χ2v) is 5.88. The molecule has 1 aromatic heterocycles. The van der Waals surface area contributed by atoms with Gasteiger partial charge in [-0.05, 0) is 17.7 Å². The predicted molar refractivity (Wildman–Crippen MR) is 93.6 cm³/mol. The summed E-state index contributed by atoms with van der Waals surface area (Å²) >= 11 is 1.39. The number of aryl methyl sites for hydroxylation is 1. The molecule has 3 rings (SSSR count). The molecule has 23 heavy (non-hydrogen) atoms. The van der Waals surface area contributed by atoms with Gasteiger partial charge in [-0.1, -0.05) is 54.2 Å². The number of imidazole rings is 1. The summed E-state index contributed by atoms with van der Waals surface area (Å²) in [4.78, 5) is 16.4. The van der Waals surface area contributed by atoms with Crippen molar-refractivity contribution in [2.24, 2.45) is 12.1 Å². The van der Waals surface area contributed by atoms with E-state index in [1.54, 1.807) is 6.21 Å². The number of hydrogen-bond donors (Lipinski definition) is 1. The summed E-state index contributed by atoms with van der Waals surface area (Å²) in [6.07, 6.45) is 1.62.